The Morgan fingerprint density at radius 1 is 1.28 bits per heavy atom. The van der Waals surface area contributed by atoms with Crippen molar-refractivity contribution in [3.05, 3.63) is 46.4 Å². The lowest BCUT2D eigenvalue weighted by atomic mass is 10.1. The van der Waals surface area contributed by atoms with Gasteiger partial charge in [-0.05, 0) is 12.1 Å². The van der Waals surface area contributed by atoms with E-state index in [0.717, 1.165) is 18.3 Å². The molecule has 0 saturated carbocycles. The second kappa shape index (κ2) is 6.45. The molecule has 0 N–H and O–H groups in total. The van der Waals surface area contributed by atoms with Crippen LogP contribution in [0.15, 0.2) is 29.4 Å². The minimum Gasteiger partial charge on any atom is -0.455 e. The Hall–Kier alpha value is -1.87. The van der Waals surface area contributed by atoms with E-state index in [1.165, 1.54) is 6.07 Å². The van der Waals surface area contributed by atoms with Gasteiger partial charge in [0.1, 0.15) is 22.3 Å². The predicted octanol–water partition coefficient (Wildman–Crippen LogP) is 5.36. The highest BCUT2D eigenvalue weighted by molar-refractivity contribution is 8.00. The average Bonchev–Trinajstić information content (AvgIpc) is 2.76. The molecule has 3 rings (SSSR count). The fourth-order valence-electron chi connectivity index (χ4n) is 2.39. The van der Waals surface area contributed by atoms with Gasteiger partial charge in [0.15, 0.2) is 12.0 Å². The van der Waals surface area contributed by atoms with Crippen LogP contribution in [0.25, 0.3) is 0 Å². The summed E-state index contributed by atoms with van der Waals surface area (Å²) in [4.78, 5) is 15.4. The van der Waals surface area contributed by atoms with E-state index in [1.54, 1.807) is 0 Å². The van der Waals surface area contributed by atoms with E-state index in [2.05, 4.69) is 4.98 Å². The third-order valence-corrected chi connectivity index (χ3v) is 4.26. The third-order valence-electron chi connectivity index (χ3n) is 3.30. The van der Waals surface area contributed by atoms with Gasteiger partial charge in [-0.2, -0.15) is 13.2 Å². The molecule has 0 amide bonds. The van der Waals surface area contributed by atoms with Crippen LogP contribution in [0.2, 0.25) is 5.02 Å². The molecule has 10 heteroatoms. The molecule has 0 spiro atoms. The monoisotopic (exact) mass is 395 g/mol. The van der Waals surface area contributed by atoms with Gasteiger partial charge < -0.3 is 4.74 Å². The van der Waals surface area contributed by atoms with Crippen molar-refractivity contribution >= 4 is 29.1 Å². The molecule has 3 nitrogen and oxygen atoms in total. The van der Waals surface area contributed by atoms with E-state index in [0.29, 0.717) is 0 Å². The molecule has 1 aliphatic rings. The Balaban J connectivity index is 2.03. The van der Waals surface area contributed by atoms with Gasteiger partial charge >= 0.3 is 5.51 Å². The van der Waals surface area contributed by atoms with Crippen LogP contribution in [-0.4, -0.2) is 22.4 Å². The maximum absolute atomic E-state index is 13.8. The fraction of sp³-hybridized carbons (Fsp3) is 0.200. The van der Waals surface area contributed by atoms with Crippen LogP contribution >= 0.6 is 23.4 Å². The standard InChI is InChI=1S/C15H7ClF5NO2S/c16-6-1-7(17)3-8(2-6)24-11-5-22-14(25-15(19,20)21)12-9(11)4-10(18)13(12)23/h1-3,5,10H,4H2. The largest absolute Gasteiger partial charge is 0.455 e. The van der Waals surface area contributed by atoms with Gasteiger partial charge in [-0.1, -0.05) is 11.6 Å². The minimum absolute atomic E-state index is 0.0308. The topological polar surface area (TPSA) is 39.2 Å². The number of rotatable bonds is 3. The molecule has 0 radical (unpaired) electrons. The van der Waals surface area contributed by atoms with E-state index < -0.39 is 52.1 Å². The summed E-state index contributed by atoms with van der Waals surface area (Å²) in [7, 11) is 0. The number of fused-ring (bicyclic) bond motifs is 1. The van der Waals surface area contributed by atoms with Crippen molar-refractivity contribution in [1.82, 2.24) is 4.98 Å². The number of ether oxygens (including phenoxy) is 1. The fourth-order valence-corrected chi connectivity index (χ4v) is 3.25. The maximum Gasteiger partial charge on any atom is 0.447 e. The Morgan fingerprint density at radius 2 is 2.00 bits per heavy atom. The summed E-state index contributed by atoms with van der Waals surface area (Å²) in [5.74, 6) is -1.97. The number of carbonyl (C=O) groups excluding carboxylic acids is 1. The summed E-state index contributed by atoms with van der Waals surface area (Å²) in [6, 6.07) is 3.28. The third kappa shape index (κ3) is 3.87. The molecule has 1 atom stereocenters. The normalized spacial score (nSPS) is 16.9. The summed E-state index contributed by atoms with van der Waals surface area (Å²) in [5.41, 5.74) is -5.19. The molecule has 0 aliphatic heterocycles. The van der Waals surface area contributed by atoms with E-state index in [4.69, 9.17) is 16.3 Å². The second-order valence-corrected chi connectivity index (χ2v) is 6.56. The Morgan fingerprint density at radius 3 is 2.64 bits per heavy atom. The molecule has 0 saturated heterocycles. The zero-order valence-electron chi connectivity index (χ0n) is 12.0. The molecule has 1 heterocycles. The SMILES string of the molecule is O=C1c2c(SC(F)(F)F)ncc(Oc3cc(F)cc(Cl)c3)c2CC1F. The minimum atomic E-state index is -4.69. The van der Waals surface area contributed by atoms with Gasteiger partial charge in [0, 0.05) is 34.8 Å². The highest BCUT2D eigenvalue weighted by atomic mass is 35.5. The first-order chi connectivity index (χ1) is 11.6. The zero-order chi connectivity index (χ0) is 18.4. The zero-order valence-corrected chi connectivity index (χ0v) is 13.6. The van der Waals surface area contributed by atoms with Crippen LogP contribution in [0.1, 0.15) is 15.9 Å². The quantitative estimate of drug-likeness (QED) is 0.518. The number of ketones is 1. The van der Waals surface area contributed by atoms with Crippen LogP contribution in [0.5, 0.6) is 11.5 Å². The molecule has 0 bridgehead atoms. The molecule has 2 aromatic rings. The number of benzene rings is 1. The average molecular weight is 396 g/mol. The van der Waals surface area contributed by atoms with Crippen molar-refractivity contribution in [3.8, 4) is 11.5 Å². The van der Waals surface area contributed by atoms with E-state index in [-0.39, 0.29) is 22.1 Å². The highest BCUT2D eigenvalue weighted by Gasteiger charge is 2.40. The molecule has 1 aliphatic carbocycles. The van der Waals surface area contributed by atoms with Crippen LogP contribution in [-0.2, 0) is 6.42 Å². The summed E-state index contributed by atoms with van der Waals surface area (Å²) in [6.07, 6.45) is -1.48. The van der Waals surface area contributed by atoms with E-state index >= 15 is 0 Å². The number of nitrogens with zero attached hydrogens (tertiary/aromatic N) is 1. The smallest absolute Gasteiger partial charge is 0.447 e. The lowest BCUT2D eigenvalue weighted by Crippen LogP contribution is -2.11. The summed E-state index contributed by atoms with van der Waals surface area (Å²) in [6.45, 7) is 0. The predicted molar refractivity (Wildman–Crippen MR) is 80.6 cm³/mol. The Bertz CT molecular complexity index is 838. The van der Waals surface area contributed by atoms with Gasteiger partial charge in [0.05, 0.1) is 11.8 Å². The van der Waals surface area contributed by atoms with Gasteiger partial charge in [0.25, 0.3) is 0 Å². The maximum atomic E-state index is 13.8. The molecular weight excluding hydrogens is 389 g/mol. The number of alkyl halides is 4. The molecular formula is C15H7ClF5NO2S. The lowest BCUT2D eigenvalue weighted by Gasteiger charge is -2.13. The summed E-state index contributed by atoms with van der Waals surface area (Å²) in [5, 5.41) is -0.611. The first-order valence-corrected chi connectivity index (χ1v) is 7.93. The first kappa shape index (κ1) is 17.9. The van der Waals surface area contributed by atoms with Crippen molar-refractivity contribution in [3.63, 3.8) is 0 Å². The van der Waals surface area contributed by atoms with Crippen molar-refractivity contribution < 1.29 is 31.5 Å². The molecule has 1 unspecified atom stereocenters. The number of carbonyl (C=O) groups is 1. The molecule has 0 fully saturated rings. The lowest BCUT2D eigenvalue weighted by molar-refractivity contribution is -0.0329. The van der Waals surface area contributed by atoms with Crippen LogP contribution < -0.4 is 4.74 Å². The number of hydrogen-bond donors (Lipinski definition) is 0. The van der Waals surface area contributed by atoms with E-state index in [1.807, 2.05) is 0 Å². The van der Waals surface area contributed by atoms with Gasteiger partial charge in [-0.25, -0.2) is 13.8 Å². The van der Waals surface area contributed by atoms with Crippen molar-refractivity contribution in [2.75, 3.05) is 0 Å². The number of Topliss-reactive ketones (excluding diaryl/α,β-unsaturated/α-hetero) is 1. The molecule has 1 aromatic heterocycles. The van der Waals surface area contributed by atoms with Crippen LogP contribution in [0.3, 0.4) is 0 Å². The summed E-state index contributed by atoms with van der Waals surface area (Å²) < 4.78 is 70.3. The molecule has 132 valence electrons. The Kier molecular flexibility index (Phi) is 4.63. The van der Waals surface area contributed by atoms with Crippen molar-refractivity contribution in [2.45, 2.75) is 23.1 Å². The number of halogens is 6. The van der Waals surface area contributed by atoms with Gasteiger partial charge in [0.2, 0.25) is 0 Å². The molecule has 1 aromatic carbocycles. The van der Waals surface area contributed by atoms with Crippen molar-refractivity contribution in [2.24, 2.45) is 0 Å². The van der Waals surface area contributed by atoms with Crippen molar-refractivity contribution in [1.29, 1.82) is 0 Å². The summed E-state index contributed by atoms with van der Waals surface area (Å²) >= 11 is 5.10. The highest BCUT2D eigenvalue weighted by Crippen LogP contribution is 2.43. The Labute approximate surface area is 147 Å². The first-order valence-electron chi connectivity index (χ1n) is 6.74. The number of hydrogen-bond acceptors (Lipinski definition) is 4. The molecule has 25 heavy (non-hydrogen) atoms. The number of thioether (sulfide) groups is 1. The number of aromatic nitrogens is 1. The van der Waals surface area contributed by atoms with Crippen LogP contribution in [0, 0.1) is 5.82 Å². The van der Waals surface area contributed by atoms with Gasteiger partial charge in [-0.3, -0.25) is 4.79 Å². The van der Waals surface area contributed by atoms with Gasteiger partial charge in [-0.15, -0.1) is 0 Å². The number of pyridine rings is 1. The van der Waals surface area contributed by atoms with Crippen LogP contribution in [0.4, 0.5) is 22.0 Å². The van der Waals surface area contributed by atoms with E-state index in [9.17, 15) is 26.7 Å². The second-order valence-electron chi connectivity index (χ2n) is 5.07.